The Labute approximate surface area is 113 Å². The van der Waals surface area contributed by atoms with E-state index in [1.165, 1.54) is 11.6 Å². The minimum Gasteiger partial charge on any atom is -0.389 e. The van der Waals surface area contributed by atoms with Gasteiger partial charge in [-0.25, -0.2) is 8.42 Å². The Morgan fingerprint density at radius 2 is 2.11 bits per heavy atom. The van der Waals surface area contributed by atoms with Gasteiger partial charge in [0.25, 0.3) is 10.0 Å². The molecule has 0 fully saturated rings. The molecule has 0 bridgehead atoms. The molecule has 0 aliphatic carbocycles. The van der Waals surface area contributed by atoms with Gasteiger partial charge in [-0.3, -0.25) is 4.72 Å². The lowest BCUT2D eigenvalue weighted by atomic mass is 10.2. The van der Waals surface area contributed by atoms with Crippen LogP contribution in [0.2, 0.25) is 0 Å². The topological polar surface area (TPSA) is 98.0 Å². The Morgan fingerprint density at radius 1 is 1.39 bits per heavy atom. The number of nitrogens with zero attached hydrogens (tertiary/aromatic N) is 2. The van der Waals surface area contributed by atoms with E-state index in [1.807, 2.05) is 0 Å². The molecule has 0 spiro atoms. The minimum atomic E-state index is -3.77. The van der Waals surface area contributed by atoms with Gasteiger partial charge in [-0.15, -0.1) is 10.2 Å². The standard InChI is InChI=1S/C9H8N4O2S3/c10-8(16)6-3-1-2-4-7(6)18(14,15)13-9-12-11-5-17-9/h1-5H,(H2,10,16)(H,12,13). The molecule has 1 aromatic heterocycles. The molecule has 1 heterocycles. The van der Waals surface area contributed by atoms with Crippen molar-refractivity contribution in [2.45, 2.75) is 4.90 Å². The van der Waals surface area contributed by atoms with E-state index in [0.717, 1.165) is 11.3 Å². The van der Waals surface area contributed by atoms with E-state index in [2.05, 4.69) is 14.9 Å². The summed E-state index contributed by atoms with van der Waals surface area (Å²) in [5.41, 5.74) is 7.22. The Bertz CT molecular complexity index is 667. The lowest BCUT2D eigenvalue weighted by molar-refractivity contribution is 0.601. The molecule has 94 valence electrons. The fourth-order valence-electron chi connectivity index (χ4n) is 1.29. The third-order valence-electron chi connectivity index (χ3n) is 2.02. The summed E-state index contributed by atoms with van der Waals surface area (Å²) in [6.45, 7) is 0. The number of rotatable bonds is 4. The predicted octanol–water partition coefficient (Wildman–Crippen LogP) is 0.973. The van der Waals surface area contributed by atoms with Crippen molar-refractivity contribution in [1.82, 2.24) is 10.2 Å². The average molecular weight is 300 g/mol. The average Bonchev–Trinajstić information content (AvgIpc) is 2.81. The fraction of sp³-hybridized carbons (Fsp3) is 0. The highest BCUT2D eigenvalue weighted by atomic mass is 32.2. The van der Waals surface area contributed by atoms with Gasteiger partial charge in [-0.2, -0.15) is 0 Å². The molecule has 1 aromatic carbocycles. The molecule has 2 aromatic rings. The summed E-state index contributed by atoms with van der Waals surface area (Å²) in [7, 11) is -3.77. The summed E-state index contributed by atoms with van der Waals surface area (Å²) < 4.78 is 26.6. The Balaban J connectivity index is 2.45. The Morgan fingerprint density at radius 3 is 2.72 bits per heavy atom. The van der Waals surface area contributed by atoms with Gasteiger partial charge in [0.05, 0.1) is 4.90 Å². The zero-order valence-corrected chi connectivity index (χ0v) is 11.3. The highest BCUT2D eigenvalue weighted by Gasteiger charge is 2.20. The SMILES string of the molecule is NC(=S)c1ccccc1S(=O)(=O)Nc1nncs1. The van der Waals surface area contributed by atoms with E-state index >= 15 is 0 Å². The van der Waals surface area contributed by atoms with E-state index in [0.29, 0.717) is 5.56 Å². The molecule has 0 saturated carbocycles. The number of nitrogens with two attached hydrogens (primary N) is 1. The number of benzene rings is 1. The number of hydrogen-bond acceptors (Lipinski definition) is 6. The first-order chi connectivity index (χ1) is 8.50. The molecular weight excluding hydrogens is 292 g/mol. The number of sulfonamides is 1. The van der Waals surface area contributed by atoms with Crippen LogP contribution in [0.4, 0.5) is 5.13 Å². The number of hydrogen-bond donors (Lipinski definition) is 2. The largest absolute Gasteiger partial charge is 0.389 e. The first kappa shape index (κ1) is 12.9. The first-order valence-electron chi connectivity index (χ1n) is 4.68. The molecule has 0 unspecified atom stereocenters. The van der Waals surface area contributed by atoms with Crippen molar-refractivity contribution < 1.29 is 8.42 Å². The van der Waals surface area contributed by atoms with Crippen LogP contribution >= 0.6 is 23.6 Å². The molecule has 0 radical (unpaired) electrons. The summed E-state index contributed by atoms with van der Waals surface area (Å²) in [6, 6.07) is 6.24. The van der Waals surface area contributed by atoms with Gasteiger partial charge in [0.1, 0.15) is 10.5 Å². The van der Waals surface area contributed by atoms with Crippen molar-refractivity contribution in [2.75, 3.05) is 4.72 Å². The summed E-state index contributed by atoms with van der Waals surface area (Å²) in [5.74, 6) is 0. The Kier molecular flexibility index (Phi) is 3.55. The maximum absolute atomic E-state index is 12.1. The molecule has 18 heavy (non-hydrogen) atoms. The summed E-state index contributed by atoms with van der Waals surface area (Å²) in [6.07, 6.45) is 0. The molecule has 0 aliphatic heterocycles. The van der Waals surface area contributed by atoms with Gasteiger partial charge in [0.15, 0.2) is 0 Å². The van der Waals surface area contributed by atoms with Gasteiger partial charge in [0, 0.05) is 5.56 Å². The van der Waals surface area contributed by atoms with Gasteiger partial charge in [-0.1, -0.05) is 41.8 Å². The third kappa shape index (κ3) is 2.63. The first-order valence-corrected chi connectivity index (χ1v) is 7.45. The van der Waals surface area contributed by atoms with Crippen LogP contribution in [0, 0.1) is 0 Å². The van der Waals surface area contributed by atoms with Crippen LogP contribution in [0.3, 0.4) is 0 Å². The van der Waals surface area contributed by atoms with Crippen molar-refractivity contribution in [3.63, 3.8) is 0 Å². The molecule has 6 nitrogen and oxygen atoms in total. The molecule has 9 heteroatoms. The quantitative estimate of drug-likeness (QED) is 0.817. The second kappa shape index (κ2) is 4.96. The van der Waals surface area contributed by atoms with E-state index in [-0.39, 0.29) is 15.0 Å². The van der Waals surface area contributed by atoms with Crippen LogP contribution in [-0.2, 0) is 10.0 Å². The van der Waals surface area contributed by atoms with E-state index in [9.17, 15) is 8.42 Å². The van der Waals surface area contributed by atoms with Crippen molar-refractivity contribution in [2.24, 2.45) is 5.73 Å². The third-order valence-corrected chi connectivity index (χ3v) is 4.38. The lowest BCUT2D eigenvalue weighted by Gasteiger charge is -2.09. The van der Waals surface area contributed by atoms with Crippen molar-refractivity contribution in [1.29, 1.82) is 0 Å². The lowest BCUT2D eigenvalue weighted by Crippen LogP contribution is -2.19. The molecule has 0 saturated heterocycles. The molecule has 0 amide bonds. The number of aromatic nitrogens is 2. The fourth-order valence-corrected chi connectivity index (χ4v) is 3.45. The smallest absolute Gasteiger partial charge is 0.264 e. The minimum absolute atomic E-state index is 0.0210. The van der Waals surface area contributed by atoms with Gasteiger partial charge >= 0.3 is 0 Å². The van der Waals surface area contributed by atoms with Crippen LogP contribution in [0.5, 0.6) is 0 Å². The molecule has 2 rings (SSSR count). The van der Waals surface area contributed by atoms with Gasteiger partial charge in [-0.05, 0) is 6.07 Å². The van der Waals surface area contributed by atoms with E-state index in [4.69, 9.17) is 18.0 Å². The van der Waals surface area contributed by atoms with Crippen molar-refractivity contribution in [3.8, 4) is 0 Å². The summed E-state index contributed by atoms with van der Waals surface area (Å²) >= 11 is 5.91. The summed E-state index contributed by atoms with van der Waals surface area (Å²) in [4.78, 5) is 0.0425. The number of thiocarbonyl (C=S) groups is 1. The second-order valence-corrected chi connectivity index (χ2v) is 6.13. The second-order valence-electron chi connectivity index (χ2n) is 3.21. The molecule has 0 aliphatic rings. The van der Waals surface area contributed by atoms with Crippen LogP contribution < -0.4 is 10.5 Å². The van der Waals surface area contributed by atoms with Gasteiger partial charge < -0.3 is 5.73 Å². The predicted molar refractivity (Wildman–Crippen MR) is 73.0 cm³/mol. The number of nitrogens with one attached hydrogen (secondary N) is 1. The maximum Gasteiger partial charge on any atom is 0.264 e. The van der Waals surface area contributed by atoms with Crippen molar-refractivity contribution >= 4 is 43.7 Å². The normalized spacial score (nSPS) is 11.1. The Hall–Kier alpha value is -1.58. The van der Waals surface area contributed by atoms with Crippen LogP contribution in [0.15, 0.2) is 34.7 Å². The molecular formula is C9H8N4O2S3. The van der Waals surface area contributed by atoms with E-state index in [1.54, 1.807) is 18.2 Å². The summed E-state index contributed by atoms with van der Waals surface area (Å²) in [5, 5.41) is 7.35. The maximum atomic E-state index is 12.1. The highest BCUT2D eigenvalue weighted by Crippen LogP contribution is 2.20. The zero-order chi connectivity index (χ0) is 13.2. The van der Waals surface area contributed by atoms with Crippen LogP contribution in [0.25, 0.3) is 0 Å². The zero-order valence-electron chi connectivity index (χ0n) is 8.90. The van der Waals surface area contributed by atoms with Crippen molar-refractivity contribution in [3.05, 3.63) is 35.3 Å². The number of anilines is 1. The van der Waals surface area contributed by atoms with Gasteiger partial charge in [0.2, 0.25) is 5.13 Å². The van der Waals surface area contributed by atoms with E-state index < -0.39 is 10.0 Å². The molecule has 0 atom stereocenters. The highest BCUT2D eigenvalue weighted by molar-refractivity contribution is 7.93. The van der Waals surface area contributed by atoms with Crippen LogP contribution in [0.1, 0.15) is 5.56 Å². The monoisotopic (exact) mass is 300 g/mol. The molecule has 3 N–H and O–H groups in total. The van der Waals surface area contributed by atoms with Crippen LogP contribution in [-0.4, -0.2) is 23.6 Å².